The van der Waals surface area contributed by atoms with Crippen LogP contribution in [-0.4, -0.2) is 20.8 Å². The molecule has 36 heavy (non-hydrogen) atoms. The molecule has 6 rings (SSSR count). The Morgan fingerprint density at radius 2 is 1.75 bits per heavy atom. The third kappa shape index (κ3) is 4.53. The number of hydrogen-bond acceptors (Lipinski definition) is 3. The third-order valence-electron chi connectivity index (χ3n) is 6.99. The van der Waals surface area contributed by atoms with Gasteiger partial charge in [-0.05, 0) is 105 Å². The zero-order valence-corrected chi connectivity index (χ0v) is 22.2. The molecule has 4 aromatic rings. The van der Waals surface area contributed by atoms with Gasteiger partial charge in [0.25, 0.3) is 0 Å². The van der Waals surface area contributed by atoms with Crippen molar-refractivity contribution in [2.45, 2.75) is 43.9 Å². The van der Waals surface area contributed by atoms with Crippen LogP contribution < -0.4 is 15.0 Å². The molecule has 2 aromatic carbocycles. The summed E-state index contributed by atoms with van der Waals surface area (Å²) in [6.45, 7) is 0. The predicted octanol–water partition coefficient (Wildman–Crippen LogP) is 7.13. The largest absolute Gasteiger partial charge is 0.490 e. The van der Waals surface area contributed by atoms with E-state index in [-0.39, 0.29) is 12.1 Å². The van der Waals surface area contributed by atoms with Crippen molar-refractivity contribution in [1.29, 1.82) is 0 Å². The summed E-state index contributed by atoms with van der Waals surface area (Å²) in [6, 6.07) is 26.8. The standard InChI is InChI=1S/C29H27BrN4OS/c30-20-7-5-8-22(19-20)33-18-6-12-26(33)28-27(25-11-3-4-17-31-25)32-29(36)34(28)21-13-15-24(16-14-21)35-23-9-1-2-10-23/h3-8,11-19,23,27-28H,1-2,9-10H2,(H,32,36)/t27-,28-/m1/s1. The van der Waals surface area contributed by atoms with Crippen LogP contribution in [-0.2, 0) is 0 Å². The summed E-state index contributed by atoms with van der Waals surface area (Å²) in [5.41, 5.74) is 4.19. The second-order valence-electron chi connectivity index (χ2n) is 9.30. The van der Waals surface area contributed by atoms with Crippen LogP contribution in [0.5, 0.6) is 5.75 Å². The molecule has 1 aliphatic heterocycles. The summed E-state index contributed by atoms with van der Waals surface area (Å²) in [4.78, 5) is 6.89. The van der Waals surface area contributed by atoms with E-state index in [0.29, 0.717) is 11.2 Å². The van der Waals surface area contributed by atoms with Crippen molar-refractivity contribution in [1.82, 2.24) is 14.9 Å². The number of anilines is 1. The number of thiocarbonyl (C=S) groups is 1. The van der Waals surface area contributed by atoms with Crippen LogP contribution in [0.4, 0.5) is 5.69 Å². The van der Waals surface area contributed by atoms with E-state index in [0.717, 1.165) is 45.8 Å². The number of halogens is 1. The van der Waals surface area contributed by atoms with Gasteiger partial charge in [0.1, 0.15) is 11.8 Å². The number of aromatic nitrogens is 2. The molecule has 2 fully saturated rings. The van der Waals surface area contributed by atoms with Gasteiger partial charge in [-0.15, -0.1) is 0 Å². The molecule has 2 atom stereocenters. The van der Waals surface area contributed by atoms with Gasteiger partial charge in [-0.1, -0.05) is 28.1 Å². The van der Waals surface area contributed by atoms with Gasteiger partial charge in [-0.3, -0.25) is 4.98 Å². The van der Waals surface area contributed by atoms with E-state index in [2.05, 4.69) is 103 Å². The van der Waals surface area contributed by atoms with Crippen molar-refractivity contribution in [3.05, 3.63) is 107 Å². The Kier molecular flexibility index (Phi) is 6.50. The van der Waals surface area contributed by atoms with Gasteiger partial charge < -0.3 is 19.5 Å². The predicted molar refractivity (Wildman–Crippen MR) is 151 cm³/mol. The normalized spacial score (nSPS) is 20.0. The number of rotatable bonds is 6. The average Bonchev–Trinajstić information content (AvgIpc) is 3.65. The van der Waals surface area contributed by atoms with Gasteiger partial charge in [0.2, 0.25) is 0 Å². The number of hydrogen-bond donors (Lipinski definition) is 1. The minimum absolute atomic E-state index is 0.0945. The van der Waals surface area contributed by atoms with Crippen molar-refractivity contribution in [3.63, 3.8) is 0 Å². The highest BCUT2D eigenvalue weighted by Gasteiger charge is 2.42. The summed E-state index contributed by atoms with van der Waals surface area (Å²) in [5.74, 6) is 0.916. The summed E-state index contributed by atoms with van der Waals surface area (Å²) in [5, 5.41) is 4.24. The van der Waals surface area contributed by atoms with E-state index in [9.17, 15) is 0 Å². The number of benzene rings is 2. The number of nitrogens with one attached hydrogen (secondary N) is 1. The Morgan fingerprint density at radius 1 is 0.917 bits per heavy atom. The highest BCUT2D eigenvalue weighted by Crippen LogP contribution is 2.42. The number of ether oxygens (including phenoxy) is 1. The molecule has 0 bridgehead atoms. The molecule has 2 aliphatic rings. The Balaban J connectivity index is 1.40. The topological polar surface area (TPSA) is 42.3 Å². The van der Waals surface area contributed by atoms with Crippen molar-refractivity contribution in [2.24, 2.45) is 0 Å². The molecule has 1 N–H and O–H groups in total. The first-order chi connectivity index (χ1) is 17.7. The molecule has 0 amide bonds. The van der Waals surface area contributed by atoms with Crippen LogP contribution in [0, 0.1) is 0 Å². The lowest BCUT2D eigenvalue weighted by molar-refractivity contribution is 0.210. The highest BCUT2D eigenvalue weighted by molar-refractivity contribution is 9.10. The molecule has 7 heteroatoms. The van der Waals surface area contributed by atoms with Crippen molar-refractivity contribution < 1.29 is 4.74 Å². The van der Waals surface area contributed by atoms with E-state index in [1.165, 1.54) is 12.8 Å². The van der Waals surface area contributed by atoms with E-state index in [1.54, 1.807) is 0 Å². The zero-order valence-electron chi connectivity index (χ0n) is 19.8. The van der Waals surface area contributed by atoms with E-state index < -0.39 is 0 Å². The molecule has 1 saturated heterocycles. The first kappa shape index (κ1) is 23.3. The van der Waals surface area contributed by atoms with Crippen molar-refractivity contribution in [2.75, 3.05) is 4.90 Å². The highest BCUT2D eigenvalue weighted by atomic mass is 79.9. The van der Waals surface area contributed by atoms with Crippen molar-refractivity contribution >= 4 is 38.9 Å². The second-order valence-corrected chi connectivity index (χ2v) is 10.6. The molecule has 2 aromatic heterocycles. The quantitative estimate of drug-likeness (QED) is 0.255. The molecule has 182 valence electrons. The molecule has 1 saturated carbocycles. The van der Waals surface area contributed by atoms with Crippen LogP contribution in [0.15, 0.2) is 95.7 Å². The molecular formula is C29H27BrN4OS. The maximum atomic E-state index is 6.21. The minimum atomic E-state index is -0.103. The fourth-order valence-electron chi connectivity index (χ4n) is 5.31. The Morgan fingerprint density at radius 3 is 2.50 bits per heavy atom. The fourth-order valence-corrected chi connectivity index (χ4v) is 6.05. The van der Waals surface area contributed by atoms with Crippen LogP contribution >= 0.6 is 28.1 Å². The monoisotopic (exact) mass is 558 g/mol. The van der Waals surface area contributed by atoms with Gasteiger partial charge in [0, 0.05) is 33.9 Å². The van der Waals surface area contributed by atoms with E-state index in [1.807, 2.05) is 24.4 Å². The van der Waals surface area contributed by atoms with Crippen LogP contribution in [0.1, 0.15) is 49.2 Å². The maximum absolute atomic E-state index is 6.21. The van der Waals surface area contributed by atoms with E-state index in [4.69, 9.17) is 17.0 Å². The first-order valence-corrected chi connectivity index (χ1v) is 13.6. The van der Waals surface area contributed by atoms with E-state index >= 15 is 0 Å². The van der Waals surface area contributed by atoms with Crippen LogP contribution in [0.25, 0.3) is 5.69 Å². The molecular weight excluding hydrogens is 532 g/mol. The lowest BCUT2D eigenvalue weighted by Gasteiger charge is -2.29. The number of nitrogens with zero attached hydrogens (tertiary/aromatic N) is 3. The number of pyridine rings is 1. The lowest BCUT2D eigenvalue weighted by Crippen LogP contribution is -2.30. The van der Waals surface area contributed by atoms with Crippen LogP contribution in [0.2, 0.25) is 0 Å². The van der Waals surface area contributed by atoms with Gasteiger partial charge >= 0.3 is 0 Å². The SMILES string of the molecule is S=C1N[C@H](c2ccccn2)[C@@H](c2cccn2-c2cccc(Br)c2)N1c1ccc(OC2CCCC2)cc1. The Labute approximate surface area is 225 Å². The minimum Gasteiger partial charge on any atom is -0.490 e. The molecule has 0 unspecified atom stereocenters. The lowest BCUT2D eigenvalue weighted by atomic mass is 10.0. The summed E-state index contributed by atoms with van der Waals surface area (Å²) >= 11 is 9.54. The molecule has 1 aliphatic carbocycles. The van der Waals surface area contributed by atoms with Gasteiger partial charge in [0.15, 0.2) is 5.11 Å². The van der Waals surface area contributed by atoms with Crippen LogP contribution in [0.3, 0.4) is 0 Å². The summed E-state index contributed by atoms with van der Waals surface area (Å²) < 4.78 is 9.48. The molecule has 3 heterocycles. The second kappa shape index (κ2) is 10.1. The average molecular weight is 560 g/mol. The maximum Gasteiger partial charge on any atom is 0.174 e. The molecule has 0 radical (unpaired) electrons. The Bertz CT molecular complexity index is 1350. The first-order valence-electron chi connectivity index (χ1n) is 12.4. The molecule has 0 spiro atoms. The van der Waals surface area contributed by atoms with Gasteiger partial charge in [0.05, 0.1) is 17.8 Å². The summed E-state index contributed by atoms with van der Waals surface area (Å²) in [7, 11) is 0. The molecule has 5 nitrogen and oxygen atoms in total. The van der Waals surface area contributed by atoms with Gasteiger partial charge in [-0.25, -0.2) is 0 Å². The third-order valence-corrected chi connectivity index (χ3v) is 7.80. The summed E-state index contributed by atoms with van der Waals surface area (Å²) in [6.07, 6.45) is 9.06. The smallest absolute Gasteiger partial charge is 0.174 e. The Hall–Kier alpha value is -3.16. The zero-order chi connectivity index (χ0) is 24.5. The van der Waals surface area contributed by atoms with Gasteiger partial charge in [-0.2, -0.15) is 0 Å². The van der Waals surface area contributed by atoms with Crippen molar-refractivity contribution in [3.8, 4) is 11.4 Å². The fraction of sp³-hybridized carbons (Fsp3) is 0.241.